The lowest BCUT2D eigenvalue weighted by Crippen LogP contribution is -2.48. The summed E-state index contributed by atoms with van der Waals surface area (Å²) < 4.78 is 76.9. The zero-order valence-corrected chi connectivity index (χ0v) is 21.8. The van der Waals surface area contributed by atoms with Crippen LogP contribution < -0.4 is 10.2 Å². The van der Waals surface area contributed by atoms with Gasteiger partial charge in [-0.25, -0.2) is 14.4 Å². The minimum Gasteiger partial charge on any atom is -0.475 e. The molecular formula is C26H24F6N4O5. The monoisotopic (exact) mass is 586 g/mol. The number of allylic oxidation sites excluding steroid dienone is 1. The van der Waals surface area contributed by atoms with Gasteiger partial charge in [-0.15, -0.1) is 0 Å². The van der Waals surface area contributed by atoms with Crippen LogP contribution >= 0.6 is 0 Å². The topological polar surface area (TPSA) is 123 Å². The van der Waals surface area contributed by atoms with E-state index in [4.69, 9.17) is 19.9 Å². The first kappa shape index (κ1) is 32.6. The second-order valence-corrected chi connectivity index (χ2v) is 8.74. The maximum atomic E-state index is 13.3. The fourth-order valence-corrected chi connectivity index (χ4v) is 3.54. The Bertz CT molecular complexity index is 1350. The molecule has 3 rings (SSSR count). The Morgan fingerprint density at radius 2 is 1.68 bits per heavy atom. The van der Waals surface area contributed by atoms with E-state index in [9.17, 15) is 35.9 Å². The molecule has 9 nitrogen and oxygen atoms in total. The molecule has 2 amide bonds. The van der Waals surface area contributed by atoms with Crippen molar-refractivity contribution in [1.82, 2.24) is 10.2 Å². The first-order valence-electron chi connectivity index (χ1n) is 11.6. The first-order valence-corrected chi connectivity index (χ1v) is 11.6. The zero-order chi connectivity index (χ0) is 31.1. The Balaban J connectivity index is 0.000000745. The summed E-state index contributed by atoms with van der Waals surface area (Å²) in [6, 6.07) is 11.0. The number of rotatable bonds is 6. The Labute approximate surface area is 230 Å². The van der Waals surface area contributed by atoms with Gasteiger partial charge in [0.05, 0.1) is 34.5 Å². The molecule has 1 aliphatic rings. The molecule has 0 aliphatic carbocycles. The maximum absolute atomic E-state index is 13.3. The molecule has 0 aromatic heterocycles. The molecule has 0 saturated carbocycles. The number of urea groups is 1. The van der Waals surface area contributed by atoms with Gasteiger partial charge in [-0.05, 0) is 56.9 Å². The summed E-state index contributed by atoms with van der Waals surface area (Å²) in [6.07, 6.45) is -9.68. The number of alkyl halides is 6. The summed E-state index contributed by atoms with van der Waals surface area (Å²) in [6.45, 7) is 2.03. The minimum absolute atomic E-state index is 0.0401. The van der Waals surface area contributed by atoms with Crippen molar-refractivity contribution in [3.05, 3.63) is 76.5 Å². The SMILES string of the molecule is CC1=C(C(=O)OCCN(C)C)[C@@H](c2ccc(C#N)cc2)NC(=O)N1c1cccc(C(F)(F)F)c1.O=C(O)C(F)(F)F. The highest BCUT2D eigenvalue weighted by Crippen LogP contribution is 2.37. The number of hydrogen-bond acceptors (Lipinski definition) is 6. The molecule has 1 atom stereocenters. The number of anilines is 1. The third-order valence-electron chi connectivity index (χ3n) is 5.52. The number of nitriles is 1. The molecule has 2 N–H and O–H groups in total. The van der Waals surface area contributed by atoms with Crippen LogP contribution in [0.1, 0.15) is 29.7 Å². The van der Waals surface area contributed by atoms with Crippen molar-refractivity contribution in [3.8, 4) is 6.07 Å². The van der Waals surface area contributed by atoms with Crippen molar-refractivity contribution in [2.24, 2.45) is 0 Å². The number of hydrogen-bond donors (Lipinski definition) is 2. The predicted octanol–water partition coefficient (Wildman–Crippen LogP) is 4.86. The zero-order valence-electron chi connectivity index (χ0n) is 21.8. The summed E-state index contributed by atoms with van der Waals surface area (Å²) in [5.41, 5.74) is 0.187. The molecule has 15 heteroatoms. The molecule has 0 spiro atoms. The van der Waals surface area contributed by atoms with E-state index in [0.29, 0.717) is 17.7 Å². The molecule has 41 heavy (non-hydrogen) atoms. The molecule has 2 aromatic rings. The van der Waals surface area contributed by atoms with Crippen LogP contribution in [0.4, 0.5) is 36.8 Å². The van der Waals surface area contributed by atoms with Crippen molar-refractivity contribution < 1.29 is 50.6 Å². The van der Waals surface area contributed by atoms with E-state index in [-0.39, 0.29) is 23.6 Å². The molecule has 1 aliphatic heterocycles. The van der Waals surface area contributed by atoms with Gasteiger partial charge in [-0.2, -0.15) is 31.6 Å². The molecule has 2 aromatic carbocycles. The number of ether oxygens (including phenoxy) is 1. The average molecular weight is 586 g/mol. The molecule has 1 heterocycles. The molecule has 0 unspecified atom stereocenters. The van der Waals surface area contributed by atoms with Crippen LogP contribution in [-0.2, 0) is 20.5 Å². The molecule has 220 valence electrons. The number of esters is 1. The Morgan fingerprint density at radius 1 is 1.10 bits per heavy atom. The third-order valence-corrected chi connectivity index (χ3v) is 5.52. The molecule has 0 bridgehead atoms. The van der Waals surface area contributed by atoms with Gasteiger partial charge in [-0.1, -0.05) is 18.2 Å². The van der Waals surface area contributed by atoms with Crippen molar-refractivity contribution in [2.45, 2.75) is 25.3 Å². The van der Waals surface area contributed by atoms with Crippen LogP contribution in [-0.4, -0.2) is 61.4 Å². The Morgan fingerprint density at radius 3 is 2.17 bits per heavy atom. The van der Waals surface area contributed by atoms with Crippen molar-refractivity contribution in [1.29, 1.82) is 5.26 Å². The van der Waals surface area contributed by atoms with E-state index in [1.54, 1.807) is 24.3 Å². The van der Waals surface area contributed by atoms with Crippen LogP contribution in [0.5, 0.6) is 0 Å². The number of carboxylic acid groups (broad SMARTS) is 1. The van der Waals surface area contributed by atoms with Gasteiger partial charge >= 0.3 is 30.3 Å². The normalized spacial score (nSPS) is 15.5. The predicted molar refractivity (Wildman–Crippen MR) is 132 cm³/mol. The van der Waals surface area contributed by atoms with Gasteiger partial charge in [0.1, 0.15) is 6.61 Å². The number of amides is 2. The van der Waals surface area contributed by atoms with E-state index in [1.807, 2.05) is 25.1 Å². The van der Waals surface area contributed by atoms with E-state index in [2.05, 4.69) is 5.32 Å². The smallest absolute Gasteiger partial charge is 0.475 e. The van der Waals surface area contributed by atoms with Gasteiger partial charge in [0.25, 0.3) is 0 Å². The number of carbonyl (C=O) groups is 3. The largest absolute Gasteiger partial charge is 0.490 e. The van der Waals surface area contributed by atoms with Crippen LogP contribution in [0.15, 0.2) is 59.8 Å². The van der Waals surface area contributed by atoms with E-state index < -0.39 is 41.9 Å². The number of likely N-dealkylation sites (N-methyl/N-ethyl adjacent to an activating group) is 1. The van der Waals surface area contributed by atoms with Crippen LogP contribution in [0, 0.1) is 11.3 Å². The fraction of sp³-hybridized carbons (Fsp3) is 0.308. The number of nitrogens with zero attached hydrogens (tertiary/aromatic N) is 3. The van der Waals surface area contributed by atoms with Crippen LogP contribution in [0.3, 0.4) is 0 Å². The highest BCUT2D eigenvalue weighted by molar-refractivity contribution is 6.03. The summed E-state index contributed by atoms with van der Waals surface area (Å²) in [5.74, 6) is -3.46. The second kappa shape index (κ2) is 13.2. The standard InChI is InChI=1S/C24H23F3N4O3.C2HF3O2/c1-15-20(22(32)34-12-11-30(2)3)21(17-9-7-16(14-28)8-10-17)29-23(33)31(15)19-6-4-5-18(13-19)24(25,26)27;3-2(4,5)1(6)7/h4-10,13,21H,11-12H2,1-3H3,(H,29,33);(H,6,7)/t21-;/m1./s1. The maximum Gasteiger partial charge on any atom is 0.490 e. The number of halogens is 6. The number of aliphatic carboxylic acids is 1. The fourth-order valence-electron chi connectivity index (χ4n) is 3.54. The highest BCUT2D eigenvalue weighted by atomic mass is 19.4. The van der Waals surface area contributed by atoms with Gasteiger partial charge in [0.2, 0.25) is 0 Å². The average Bonchev–Trinajstić information content (AvgIpc) is 2.87. The highest BCUT2D eigenvalue weighted by Gasteiger charge is 2.39. The molecule has 0 fully saturated rings. The van der Waals surface area contributed by atoms with Crippen molar-refractivity contribution in [3.63, 3.8) is 0 Å². The molecular weight excluding hydrogens is 562 g/mol. The van der Waals surface area contributed by atoms with Gasteiger partial charge < -0.3 is 20.1 Å². The number of carbonyl (C=O) groups excluding carboxylic acids is 2. The Hall–Kier alpha value is -4.58. The second-order valence-electron chi connectivity index (χ2n) is 8.74. The summed E-state index contributed by atoms with van der Waals surface area (Å²) >= 11 is 0. The van der Waals surface area contributed by atoms with Gasteiger partial charge in [0, 0.05) is 12.2 Å². The van der Waals surface area contributed by atoms with E-state index >= 15 is 0 Å². The lowest BCUT2D eigenvalue weighted by molar-refractivity contribution is -0.192. The van der Waals surface area contributed by atoms with E-state index in [0.717, 1.165) is 17.0 Å². The number of carboxylic acids is 1. The minimum atomic E-state index is -5.08. The lowest BCUT2D eigenvalue weighted by Gasteiger charge is -2.35. The molecule has 0 radical (unpaired) electrons. The Kier molecular flexibility index (Phi) is 10.5. The lowest BCUT2D eigenvalue weighted by atomic mass is 9.94. The summed E-state index contributed by atoms with van der Waals surface area (Å²) in [7, 11) is 3.63. The molecule has 0 saturated heterocycles. The van der Waals surface area contributed by atoms with Crippen molar-refractivity contribution >= 4 is 23.7 Å². The van der Waals surface area contributed by atoms with Gasteiger partial charge in [-0.3, -0.25) is 4.90 Å². The summed E-state index contributed by atoms with van der Waals surface area (Å²) in [5, 5.41) is 18.9. The summed E-state index contributed by atoms with van der Waals surface area (Å²) in [4.78, 5) is 37.9. The van der Waals surface area contributed by atoms with Crippen LogP contribution in [0.25, 0.3) is 0 Å². The van der Waals surface area contributed by atoms with Crippen LogP contribution in [0.2, 0.25) is 0 Å². The van der Waals surface area contributed by atoms with Gasteiger partial charge in [0.15, 0.2) is 0 Å². The van der Waals surface area contributed by atoms with Crippen molar-refractivity contribution in [2.75, 3.05) is 32.1 Å². The number of benzene rings is 2. The van der Waals surface area contributed by atoms with E-state index in [1.165, 1.54) is 19.1 Å². The quantitative estimate of drug-likeness (QED) is 0.366. The first-order chi connectivity index (χ1) is 19.0. The number of nitrogens with one attached hydrogen (secondary N) is 1. The third kappa shape index (κ3) is 8.70.